The van der Waals surface area contributed by atoms with Gasteiger partial charge in [0.25, 0.3) is 5.24 Å². The third-order valence-electron chi connectivity index (χ3n) is 7.68. The molecule has 46 heavy (non-hydrogen) atoms. The van der Waals surface area contributed by atoms with E-state index in [0.29, 0.717) is 12.8 Å². The number of hydrogen-bond donors (Lipinski definition) is 5. The van der Waals surface area contributed by atoms with Gasteiger partial charge in [-0.15, -0.1) is 11.8 Å². The zero-order chi connectivity index (χ0) is 33.6. The van der Waals surface area contributed by atoms with Crippen LogP contribution in [0.25, 0.3) is 10.8 Å². The van der Waals surface area contributed by atoms with Crippen LogP contribution in [-0.4, -0.2) is 102 Å². The van der Waals surface area contributed by atoms with Crippen LogP contribution in [0.4, 0.5) is 4.79 Å². The van der Waals surface area contributed by atoms with Crippen LogP contribution in [0.15, 0.2) is 42.5 Å². The lowest BCUT2D eigenvalue weighted by atomic mass is 9.98. The number of imide groups is 1. The fraction of sp³-hybridized carbons (Fsp3) is 0.448. The SMILES string of the molecule is CC(=O)N1C(=O)SCC1C(=O)NC(CSCP(=O)(O)O)C(=O)N1CCCCC1C(=O)NC(Cc1ccc2ccccc2c1)C(N)=O. The van der Waals surface area contributed by atoms with Crippen LogP contribution in [0, 0.1) is 0 Å². The number of likely N-dealkylation sites (tertiary alicyclic amines) is 1. The second-order valence-corrected chi connectivity index (χ2v) is 15.2. The topological polar surface area (TPSA) is 217 Å². The molecule has 0 aliphatic carbocycles. The molecule has 2 saturated heterocycles. The molecule has 2 fully saturated rings. The van der Waals surface area contributed by atoms with Crippen LogP contribution in [0.1, 0.15) is 31.7 Å². The minimum Gasteiger partial charge on any atom is -0.368 e. The summed E-state index contributed by atoms with van der Waals surface area (Å²) in [5.74, 6) is -3.75. The maximum absolute atomic E-state index is 13.9. The quantitative estimate of drug-likeness (QED) is 0.199. The smallest absolute Gasteiger partial charge is 0.335 e. The van der Waals surface area contributed by atoms with Gasteiger partial charge in [0.1, 0.15) is 24.2 Å². The van der Waals surface area contributed by atoms with E-state index in [2.05, 4.69) is 10.6 Å². The van der Waals surface area contributed by atoms with Gasteiger partial charge in [-0.3, -0.25) is 38.2 Å². The minimum absolute atomic E-state index is 0.0265. The van der Waals surface area contributed by atoms with Crippen molar-refractivity contribution in [1.29, 1.82) is 0 Å². The van der Waals surface area contributed by atoms with Crippen LogP contribution in [0.5, 0.6) is 0 Å². The first-order valence-electron chi connectivity index (χ1n) is 14.5. The molecule has 248 valence electrons. The zero-order valence-corrected chi connectivity index (χ0v) is 27.5. The molecule has 6 N–H and O–H groups in total. The molecule has 2 aromatic rings. The van der Waals surface area contributed by atoms with Crippen molar-refractivity contribution < 1.29 is 43.1 Å². The number of benzene rings is 2. The maximum atomic E-state index is 13.9. The van der Waals surface area contributed by atoms with Crippen molar-refractivity contribution in [2.75, 3.05) is 23.5 Å². The molecule has 4 rings (SSSR count). The standard InChI is InChI=1S/C29H36N5O9PS2/c1-17(35)34-24(15-46-29(34)40)27(38)32-22(14-45-16-44(41,42)43)28(39)33-11-5-4-8-23(33)26(37)31-21(25(30)36)13-18-9-10-19-6-2-3-7-20(19)12-18/h2-3,6-7,9-10,12,21-24H,4-5,8,11,13-16H2,1H3,(H2,30,36)(H,31,37)(H,32,38)(H2,41,42,43). The van der Waals surface area contributed by atoms with Gasteiger partial charge in [-0.1, -0.05) is 54.2 Å². The first-order chi connectivity index (χ1) is 21.7. The van der Waals surface area contributed by atoms with Crippen LogP contribution in [-0.2, 0) is 35.0 Å². The van der Waals surface area contributed by atoms with Crippen molar-refractivity contribution in [3.05, 3.63) is 48.0 Å². The predicted molar refractivity (Wildman–Crippen MR) is 174 cm³/mol. The molecule has 17 heteroatoms. The van der Waals surface area contributed by atoms with Gasteiger partial charge in [0.15, 0.2) is 0 Å². The van der Waals surface area contributed by atoms with Crippen molar-refractivity contribution in [2.45, 2.75) is 56.8 Å². The highest BCUT2D eigenvalue weighted by Crippen LogP contribution is 2.39. The molecule has 2 aliphatic heterocycles. The number of primary amides is 1. The summed E-state index contributed by atoms with van der Waals surface area (Å²) in [6.07, 6.45) is 1.54. The Hall–Kier alpha value is -3.43. The van der Waals surface area contributed by atoms with E-state index in [1.54, 1.807) is 0 Å². The summed E-state index contributed by atoms with van der Waals surface area (Å²) in [4.78, 5) is 98.0. The van der Waals surface area contributed by atoms with Gasteiger partial charge in [0.05, 0.1) is 5.49 Å². The number of rotatable bonds is 12. The lowest BCUT2D eigenvalue weighted by Crippen LogP contribution is -2.61. The van der Waals surface area contributed by atoms with Gasteiger partial charge in [-0.25, -0.2) is 0 Å². The van der Waals surface area contributed by atoms with E-state index in [1.807, 2.05) is 42.5 Å². The minimum atomic E-state index is -4.45. The number of nitrogens with one attached hydrogen (secondary N) is 2. The highest BCUT2D eigenvalue weighted by atomic mass is 32.2. The Morgan fingerprint density at radius 2 is 1.70 bits per heavy atom. The number of nitrogens with zero attached hydrogens (tertiary/aromatic N) is 2. The van der Waals surface area contributed by atoms with Crippen LogP contribution >= 0.6 is 31.1 Å². The second-order valence-electron chi connectivity index (χ2n) is 11.1. The fourth-order valence-electron chi connectivity index (χ4n) is 5.45. The van der Waals surface area contributed by atoms with Crippen molar-refractivity contribution in [3.63, 3.8) is 0 Å². The average molecular weight is 694 g/mol. The number of piperidine rings is 1. The summed E-state index contributed by atoms with van der Waals surface area (Å²) in [5, 5.41) is 6.59. The highest BCUT2D eigenvalue weighted by Gasteiger charge is 2.42. The van der Waals surface area contributed by atoms with E-state index >= 15 is 0 Å². The van der Waals surface area contributed by atoms with Crippen LogP contribution in [0.2, 0.25) is 0 Å². The Balaban J connectivity index is 1.51. The number of nitrogens with two attached hydrogens (primary N) is 1. The van der Waals surface area contributed by atoms with Crippen LogP contribution in [0.3, 0.4) is 0 Å². The third-order valence-corrected chi connectivity index (χ3v) is 11.2. The van der Waals surface area contributed by atoms with Gasteiger partial charge in [0.2, 0.25) is 29.5 Å². The molecule has 0 radical (unpaired) electrons. The average Bonchev–Trinajstić information content (AvgIpc) is 3.40. The molecule has 0 saturated carbocycles. The Labute approximate surface area is 273 Å². The number of thioether (sulfide) groups is 2. The normalized spacial score (nSPS) is 19.8. The Morgan fingerprint density at radius 1 is 1.02 bits per heavy atom. The zero-order valence-electron chi connectivity index (χ0n) is 25.0. The van der Waals surface area contributed by atoms with Crippen molar-refractivity contribution >= 4 is 76.7 Å². The van der Waals surface area contributed by atoms with E-state index in [1.165, 1.54) is 4.90 Å². The van der Waals surface area contributed by atoms with Gasteiger partial charge in [0, 0.05) is 31.4 Å². The third kappa shape index (κ3) is 9.10. The molecule has 2 heterocycles. The highest BCUT2D eigenvalue weighted by molar-refractivity contribution is 8.14. The van der Waals surface area contributed by atoms with Crippen molar-refractivity contribution in [3.8, 4) is 0 Å². The maximum Gasteiger partial charge on any atom is 0.335 e. The molecular weight excluding hydrogens is 657 g/mol. The molecule has 0 aromatic heterocycles. The summed E-state index contributed by atoms with van der Waals surface area (Å²) < 4.78 is 11.5. The van der Waals surface area contributed by atoms with E-state index in [0.717, 1.165) is 51.7 Å². The summed E-state index contributed by atoms with van der Waals surface area (Å²) in [5.41, 5.74) is 5.81. The first kappa shape index (κ1) is 35.4. The van der Waals surface area contributed by atoms with E-state index in [9.17, 15) is 43.1 Å². The number of amides is 6. The Bertz CT molecular complexity index is 1570. The summed E-state index contributed by atoms with van der Waals surface area (Å²) in [7, 11) is -4.45. The summed E-state index contributed by atoms with van der Waals surface area (Å²) >= 11 is 1.52. The van der Waals surface area contributed by atoms with Gasteiger partial charge >= 0.3 is 7.60 Å². The summed E-state index contributed by atoms with van der Waals surface area (Å²) in [6.45, 7) is 1.29. The van der Waals surface area contributed by atoms with E-state index < -0.39 is 72.0 Å². The molecule has 2 aromatic carbocycles. The lowest BCUT2D eigenvalue weighted by Gasteiger charge is -2.37. The monoisotopic (exact) mass is 693 g/mol. The molecule has 4 atom stereocenters. The number of carbonyl (C=O) groups excluding carboxylic acids is 6. The molecule has 0 bridgehead atoms. The van der Waals surface area contributed by atoms with Crippen molar-refractivity contribution in [2.24, 2.45) is 5.73 Å². The number of fused-ring (bicyclic) bond motifs is 1. The molecule has 2 aliphatic rings. The van der Waals surface area contributed by atoms with Crippen molar-refractivity contribution in [1.82, 2.24) is 20.4 Å². The number of carbonyl (C=O) groups is 6. The predicted octanol–water partition coefficient (Wildman–Crippen LogP) is 1.17. The number of hydrogen-bond acceptors (Lipinski definition) is 9. The fourth-order valence-corrected chi connectivity index (χ4v) is 8.29. The Morgan fingerprint density at radius 3 is 2.37 bits per heavy atom. The first-order valence-corrected chi connectivity index (χ1v) is 18.5. The molecular formula is C29H36N5O9PS2. The van der Waals surface area contributed by atoms with Gasteiger partial charge < -0.3 is 31.1 Å². The Kier molecular flexibility index (Phi) is 11.9. The van der Waals surface area contributed by atoms with E-state index in [-0.39, 0.29) is 30.9 Å². The molecule has 4 unspecified atom stereocenters. The van der Waals surface area contributed by atoms with E-state index in [4.69, 9.17) is 5.73 Å². The second kappa shape index (κ2) is 15.4. The molecule has 14 nitrogen and oxygen atoms in total. The van der Waals surface area contributed by atoms with Gasteiger partial charge in [-0.05, 0) is 35.6 Å². The van der Waals surface area contributed by atoms with Gasteiger partial charge in [-0.2, -0.15) is 0 Å². The van der Waals surface area contributed by atoms with Crippen LogP contribution < -0.4 is 16.4 Å². The molecule has 6 amide bonds. The largest absolute Gasteiger partial charge is 0.368 e. The summed E-state index contributed by atoms with van der Waals surface area (Å²) in [6, 6.07) is 8.73. The molecule has 0 spiro atoms. The lowest BCUT2D eigenvalue weighted by molar-refractivity contribution is -0.145.